The first-order valence-corrected chi connectivity index (χ1v) is 12.4. The Kier molecular flexibility index (Phi) is 9.47. The van der Waals surface area contributed by atoms with Crippen LogP contribution in [0.1, 0.15) is 77.3 Å². The van der Waals surface area contributed by atoms with Crippen molar-refractivity contribution in [1.82, 2.24) is 24.6 Å². The second-order valence-electron chi connectivity index (χ2n) is 8.72. The molecule has 1 fully saturated rings. The standard InChI is InChI=1S/C18H21N5.C8H19N/c1-13-7-9-15(10-8-13)21-18-19-11-14-12-20-23(17(14)22-18)16-5-3-2-4-6-16;1-4-7-8-9(5-2)6-3/h7-12,16H,2-6H2,1H3,(H,19,21,22);4-8H2,1-3H3. The molecule has 0 spiro atoms. The molecule has 0 unspecified atom stereocenters. The average Bonchev–Trinajstić information content (AvgIpc) is 3.26. The van der Waals surface area contributed by atoms with Crippen LogP contribution >= 0.6 is 0 Å². The third-order valence-corrected chi connectivity index (χ3v) is 6.28. The summed E-state index contributed by atoms with van der Waals surface area (Å²) in [5, 5.41) is 8.85. The Morgan fingerprint density at radius 1 is 1.00 bits per heavy atom. The maximum absolute atomic E-state index is 4.71. The van der Waals surface area contributed by atoms with Gasteiger partial charge in [-0.2, -0.15) is 10.1 Å². The smallest absolute Gasteiger partial charge is 0.229 e. The number of fused-ring (bicyclic) bond motifs is 1. The lowest BCUT2D eigenvalue weighted by Crippen LogP contribution is -2.23. The molecular weight excluding hydrogens is 396 g/mol. The first-order chi connectivity index (χ1) is 15.6. The Morgan fingerprint density at radius 3 is 2.38 bits per heavy atom. The predicted molar refractivity (Wildman–Crippen MR) is 135 cm³/mol. The van der Waals surface area contributed by atoms with Crippen LogP contribution in [0.4, 0.5) is 11.6 Å². The summed E-state index contributed by atoms with van der Waals surface area (Å²) in [5.41, 5.74) is 3.17. The van der Waals surface area contributed by atoms with Gasteiger partial charge >= 0.3 is 0 Å². The Labute approximate surface area is 193 Å². The summed E-state index contributed by atoms with van der Waals surface area (Å²) in [6.45, 7) is 12.5. The Balaban J connectivity index is 0.000000275. The van der Waals surface area contributed by atoms with Gasteiger partial charge in [0.15, 0.2) is 5.65 Å². The van der Waals surface area contributed by atoms with Crippen LogP contribution in [0.25, 0.3) is 11.0 Å². The molecule has 0 atom stereocenters. The largest absolute Gasteiger partial charge is 0.324 e. The van der Waals surface area contributed by atoms with Crippen molar-refractivity contribution in [2.75, 3.05) is 25.0 Å². The van der Waals surface area contributed by atoms with Crippen LogP contribution in [-0.2, 0) is 0 Å². The van der Waals surface area contributed by atoms with Crippen LogP contribution in [0.15, 0.2) is 36.7 Å². The zero-order valence-electron chi connectivity index (χ0n) is 20.3. The summed E-state index contributed by atoms with van der Waals surface area (Å²) in [4.78, 5) is 11.6. The number of rotatable bonds is 8. The van der Waals surface area contributed by atoms with E-state index in [1.54, 1.807) is 0 Å². The van der Waals surface area contributed by atoms with E-state index in [2.05, 4.69) is 64.8 Å². The van der Waals surface area contributed by atoms with Crippen LogP contribution in [-0.4, -0.2) is 44.3 Å². The van der Waals surface area contributed by atoms with Crippen molar-refractivity contribution in [2.45, 2.75) is 78.7 Å². The molecule has 4 rings (SSSR count). The van der Waals surface area contributed by atoms with E-state index in [0.717, 1.165) is 16.7 Å². The van der Waals surface area contributed by atoms with Crippen molar-refractivity contribution in [3.63, 3.8) is 0 Å². The second kappa shape index (κ2) is 12.5. The van der Waals surface area contributed by atoms with Gasteiger partial charge in [0.05, 0.1) is 17.6 Å². The van der Waals surface area contributed by atoms with E-state index in [4.69, 9.17) is 4.98 Å². The van der Waals surface area contributed by atoms with E-state index < -0.39 is 0 Å². The van der Waals surface area contributed by atoms with E-state index in [-0.39, 0.29) is 0 Å². The SMILES string of the molecule is CCCCN(CC)CC.Cc1ccc(Nc2ncc3cnn(C4CCCCC4)c3n2)cc1. The molecule has 0 saturated heterocycles. The number of anilines is 2. The van der Waals surface area contributed by atoms with E-state index >= 15 is 0 Å². The fourth-order valence-corrected chi connectivity index (χ4v) is 4.18. The lowest BCUT2D eigenvalue weighted by Gasteiger charge is -2.22. The molecule has 32 heavy (non-hydrogen) atoms. The van der Waals surface area contributed by atoms with Gasteiger partial charge in [0.2, 0.25) is 5.95 Å². The van der Waals surface area contributed by atoms with Gasteiger partial charge in [-0.1, -0.05) is 64.2 Å². The van der Waals surface area contributed by atoms with Gasteiger partial charge in [-0.05, 0) is 58.0 Å². The summed E-state index contributed by atoms with van der Waals surface area (Å²) >= 11 is 0. The topological polar surface area (TPSA) is 58.9 Å². The number of aryl methyl sites for hydroxylation is 1. The molecular formula is C26H40N6. The number of hydrogen-bond acceptors (Lipinski definition) is 5. The quantitative estimate of drug-likeness (QED) is 0.436. The highest BCUT2D eigenvalue weighted by atomic mass is 15.3. The van der Waals surface area contributed by atoms with Crippen LogP contribution in [0.3, 0.4) is 0 Å². The predicted octanol–water partition coefficient (Wildman–Crippen LogP) is 6.51. The zero-order valence-corrected chi connectivity index (χ0v) is 20.3. The number of nitrogens with one attached hydrogen (secondary N) is 1. The summed E-state index contributed by atoms with van der Waals surface area (Å²) in [6.07, 6.45) is 12.7. The minimum atomic E-state index is 0.475. The van der Waals surface area contributed by atoms with Gasteiger partial charge < -0.3 is 10.2 Å². The molecule has 174 valence electrons. The second-order valence-corrected chi connectivity index (χ2v) is 8.72. The summed E-state index contributed by atoms with van der Waals surface area (Å²) in [5.74, 6) is 0.624. The molecule has 1 saturated carbocycles. The maximum atomic E-state index is 4.71. The van der Waals surface area contributed by atoms with E-state index in [0.29, 0.717) is 12.0 Å². The van der Waals surface area contributed by atoms with Crippen molar-refractivity contribution in [3.05, 3.63) is 42.2 Å². The molecule has 1 aliphatic carbocycles. The molecule has 2 aromatic heterocycles. The third-order valence-electron chi connectivity index (χ3n) is 6.28. The minimum absolute atomic E-state index is 0.475. The van der Waals surface area contributed by atoms with Gasteiger partial charge in [0.25, 0.3) is 0 Å². The van der Waals surface area contributed by atoms with E-state index in [1.165, 1.54) is 70.1 Å². The molecule has 1 N–H and O–H groups in total. The summed E-state index contributed by atoms with van der Waals surface area (Å²) in [7, 11) is 0. The fraction of sp³-hybridized carbons (Fsp3) is 0.577. The normalized spacial score (nSPS) is 14.4. The molecule has 1 aliphatic rings. The molecule has 3 aromatic rings. The van der Waals surface area contributed by atoms with Gasteiger partial charge in [0, 0.05) is 11.9 Å². The molecule has 0 aliphatic heterocycles. The lowest BCUT2D eigenvalue weighted by atomic mass is 9.96. The Bertz CT molecular complexity index is 923. The Hall–Kier alpha value is -2.47. The van der Waals surface area contributed by atoms with Crippen LogP contribution < -0.4 is 5.32 Å². The van der Waals surface area contributed by atoms with Crippen LogP contribution in [0, 0.1) is 6.92 Å². The summed E-state index contributed by atoms with van der Waals surface area (Å²) in [6, 6.07) is 8.71. The van der Waals surface area contributed by atoms with Crippen molar-refractivity contribution >= 4 is 22.7 Å². The molecule has 6 heteroatoms. The van der Waals surface area contributed by atoms with Crippen molar-refractivity contribution in [1.29, 1.82) is 0 Å². The van der Waals surface area contributed by atoms with Gasteiger partial charge in [-0.25, -0.2) is 9.67 Å². The first kappa shape index (κ1) is 24.2. The number of nitrogens with zero attached hydrogens (tertiary/aromatic N) is 5. The molecule has 0 amide bonds. The van der Waals surface area contributed by atoms with Crippen LogP contribution in [0.5, 0.6) is 0 Å². The summed E-state index contributed by atoms with van der Waals surface area (Å²) < 4.78 is 2.09. The maximum Gasteiger partial charge on any atom is 0.229 e. The first-order valence-electron chi connectivity index (χ1n) is 12.4. The zero-order chi connectivity index (χ0) is 22.8. The van der Waals surface area contributed by atoms with Gasteiger partial charge in [-0.3, -0.25) is 0 Å². The highest BCUT2D eigenvalue weighted by Crippen LogP contribution is 2.30. The fourth-order valence-electron chi connectivity index (χ4n) is 4.18. The minimum Gasteiger partial charge on any atom is -0.324 e. The molecule has 1 aromatic carbocycles. The van der Waals surface area contributed by atoms with Crippen molar-refractivity contribution in [3.8, 4) is 0 Å². The van der Waals surface area contributed by atoms with Crippen molar-refractivity contribution < 1.29 is 0 Å². The van der Waals surface area contributed by atoms with E-state index in [1.807, 2.05) is 24.5 Å². The number of unbranched alkanes of at least 4 members (excludes halogenated alkanes) is 1. The number of benzene rings is 1. The van der Waals surface area contributed by atoms with Gasteiger partial charge in [0.1, 0.15) is 0 Å². The van der Waals surface area contributed by atoms with Gasteiger partial charge in [-0.15, -0.1) is 0 Å². The number of hydrogen-bond donors (Lipinski definition) is 1. The van der Waals surface area contributed by atoms with Crippen LogP contribution in [0.2, 0.25) is 0 Å². The van der Waals surface area contributed by atoms with E-state index in [9.17, 15) is 0 Å². The third kappa shape index (κ3) is 6.76. The molecule has 0 radical (unpaired) electrons. The monoisotopic (exact) mass is 436 g/mol. The lowest BCUT2D eigenvalue weighted by molar-refractivity contribution is 0.299. The highest BCUT2D eigenvalue weighted by Gasteiger charge is 2.19. The molecule has 6 nitrogen and oxygen atoms in total. The van der Waals surface area contributed by atoms with Crippen molar-refractivity contribution in [2.24, 2.45) is 0 Å². The molecule has 0 bridgehead atoms. The Morgan fingerprint density at radius 2 is 1.72 bits per heavy atom. The molecule has 2 heterocycles. The highest BCUT2D eigenvalue weighted by molar-refractivity contribution is 5.75. The average molecular weight is 437 g/mol. The number of aromatic nitrogens is 4.